The van der Waals surface area contributed by atoms with Crippen LogP contribution in [0.15, 0.2) is 66.7 Å². The summed E-state index contributed by atoms with van der Waals surface area (Å²) < 4.78 is 31.1. The van der Waals surface area contributed by atoms with Crippen LogP contribution in [0.3, 0.4) is 0 Å². The SMILES string of the molecule is Cc1cccc(-n2nc(-c3ccccc3)c3c2N(CC(=O)NCC(C)C)C(=O)CS[C@@H]3c2ccc(F)cc2F)c1C. The zero-order valence-electron chi connectivity index (χ0n) is 23.4. The maximum atomic E-state index is 15.4. The van der Waals surface area contributed by atoms with Gasteiger partial charge in [0.2, 0.25) is 11.8 Å². The smallest absolute Gasteiger partial charge is 0.240 e. The lowest BCUT2D eigenvalue weighted by atomic mass is 9.99. The highest BCUT2D eigenvalue weighted by molar-refractivity contribution is 8.00. The predicted octanol–water partition coefficient (Wildman–Crippen LogP) is 6.38. The third-order valence-electron chi connectivity index (χ3n) is 7.19. The van der Waals surface area contributed by atoms with Gasteiger partial charge >= 0.3 is 0 Å². The van der Waals surface area contributed by atoms with E-state index in [9.17, 15) is 14.0 Å². The molecule has 0 unspecified atom stereocenters. The van der Waals surface area contributed by atoms with E-state index in [4.69, 9.17) is 5.10 Å². The van der Waals surface area contributed by atoms with Crippen LogP contribution >= 0.6 is 11.8 Å². The van der Waals surface area contributed by atoms with Crippen molar-refractivity contribution in [3.8, 4) is 16.9 Å². The monoisotopic (exact) mass is 574 g/mol. The summed E-state index contributed by atoms with van der Waals surface area (Å²) in [7, 11) is 0. The molecule has 1 atom stereocenters. The van der Waals surface area contributed by atoms with Crippen LogP contribution in [0.1, 0.15) is 41.4 Å². The van der Waals surface area contributed by atoms with Gasteiger partial charge in [-0.05, 0) is 43.0 Å². The summed E-state index contributed by atoms with van der Waals surface area (Å²) in [6, 6.07) is 18.8. The van der Waals surface area contributed by atoms with Gasteiger partial charge in [0.05, 0.1) is 22.4 Å². The van der Waals surface area contributed by atoms with Gasteiger partial charge in [-0.15, -0.1) is 11.8 Å². The molecule has 0 saturated carbocycles. The van der Waals surface area contributed by atoms with Crippen molar-refractivity contribution in [2.75, 3.05) is 23.7 Å². The van der Waals surface area contributed by atoms with Crippen LogP contribution in [0.25, 0.3) is 16.9 Å². The Hall–Kier alpha value is -3.98. The number of hydrogen-bond donors (Lipinski definition) is 1. The van der Waals surface area contributed by atoms with Crippen molar-refractivity contribution < 1.29 is 18.4 Å². The molecule has 1 N–H and O–H groups in total. The van der Waals surface area contributed by atoms with Crippen molar-refractivity contribution in [3.05, 3.63) is 101 Å². The van der Waals surface area contributed by atoms with Crippen LogP contribution < -0.4 is 10.2 Å². The Morgan fingerprint density at radius 3 is 2.54 bits per heavy atom. The van der Waals surface area contributed by atoms with Gasteiger partial charge in [0.15, 0.2) is 0 Å². The molecule has 0 saturated heterocycles. The molecule has 0 aliphatic carbocycles. The van der Waals surface area contributed by atoms with Gasteiger partial charge in [-0.25, -0.2) is 13.5 Å². The highest BCUT2D eigenvalue weighted by atomic mass is 32.2. The van der Waals surface area contributed by atoms with Crippen molar-refractivity contribution in [3.63, 3.8) is 0 Å². The fourth-order valence-corrected chi connectivity index (χ4v) is 6.16. The second-order valence-electron chi connectivity index (χ2n) is 10.6. The van der Waals surface area contributed by atoms with E-state index in [-0.39, 0.29) is 35.6 Å². The second kappa shape index (κ2) is 11.9. The molecule has 212 valence electrons. The number of nitrogens with zero attached hydrogens (tertiary/aromatic N) is 3. The molecule has 1 aromatic heterocycles. The van der Waals surface area contributed by atoms with Crippen molar-refractivity contribution in [2.45, 2.75) is 32.9 Å². The molecule has 0 fully saturated rings. The fourth-order valence-electron chi connectivity index (χ4n) is 4.94. The minimum absolute atomic E-state index is 0.00530. The quantitative estimate of drug-likeness (QED) is 0.278. The molecule has 1 aliphatic rings. The zero-order valence-corrected chi connectivity index (χ0v) is 24.3. The van der Waals surface area contributed by atoms with E-state index in [1.165, 1.54) is 28.8 Å². The number of halogens is 2. The van der Waals surface area contributed by atoms with Gasteiger partial charge in [0.1, 0.15) is 24.0 Å². The van der Waals surface area contributed by atoms with Crippen LogP contribution in [-0.4, -0.2) is 40.4 Å². The van der Waals surface area contributed by atoms with E-state index in [2.05, 4.69) is 5.32 Å². The van der Waals surface area contributed by atoms with E-state index in [0.717, 1.165) is 28.4 Å². The minimum atomic E-state index is -0.706. The molecular formula is C32H32F2N4O2S. The molecular weight excluding hydrogens is 542 g/mol. The molecule has 6 nitrogen and oxygen atoms in total. The van der Waals surface area contributed by atoms with Gasteiger partial charge in [-0.3, -0.25) is 14.5 Å². The predicted molar refractivity (Wildman–Crippen MR) is 159 cm³/mol. The van der Waals surface area contributed by atoms with E-state index in [0.29, 0.717) is 23.6 Å². The van der Waals surface area contributed by atoms with E-state index < -0.39 is 16.9 Å². The van der Waals surface area contributed by atoms with E-state index in [1.807, 2.05) is 76.2 Å². The normalized spacial score (nSPS) is 15.1. The number of aromatic nitrogens is 2. The number of carbonyl (C=O) groups is 2. The molecule has 9 heteroatoms. The third kappa shape index (κ3) is 5.77. The van der Waals surface area contributed by atoms with Gasteiger partial charge in [-0.1, -0.05) is 62.4 Å². The van der Waals surface area contributed by atoms with Crippen LogP contribution in [-0.2, 0) is 9.59 Å². The number of fused-ring (bicyclic) bond motifs is 1. The molecule has 3 aromatic carbocycles. The number of hydrogen-bond acceptors (Lipinski definition) is 4. The Morgan fingerprint density at radius 2 is 1.83 bits per heavy atom. The highest BCUT2D eigenvalue weighted by Gasteiger charge is 2.38. The molecule has 1 aliphatic heterocycles. The first-order valence-electron chi connectivity index (χ1n) is 13.5. The lowest BCUT2D eigenvalue weighted by Gasteiger charge is -2.24. The summed E-state index contributed by atoms with van der Waals surface area (Å²) in [6.45, 7) is 8.21. The standard InChI is InChI=1S/C32H32F2N4O2S/c1-19(2)16-35-27(39)17-37-28(40)18-41-31(24-14-13-23(33)15-25(24)34)29-30(22-10-6-5-7-11-22)36-38(32(29)37)26-12-8-9-20(3)21(26)4/h5-15,19,31H,16-18H2,1-4H3,(H,35,39)/t31-/m1/s1. The molecule has 0 bridgehead atoms. The fraction of sp³-hybridized carbons (Fsp3) is 0.281. The number of nitrogens with one attached hydrogen (secondary N) is 1. The summed E-state index contributed by atoms with van der Waals surface area (Å²) >= 11 is 1.24. The second-order valence-corrected chi connectivity index (χ2v) is 11.7. The Kier molecular flexibility index (Phi) is 8.26. The van der Waals surface area contributed by atoms with Crippen LogP contribution in [0, 0.1) is 31.4 Å². The Balaban J connectivity index is 1.81. The summed E-state index contributed by atoms with van der Waals surface area (Å²) in [5.41, 5.74) is 4.91. The number of aryl methyl sites for hydroxylation is 1. The Bertz CT molecular complexity index is 1600. The van der Waals surface area contributed by atoms with Crippen molar-refractivity contribution in [1.29, 1.82) is 0 Å². The lowest BCUT2D eigenvalue weighted by molar-refractivity contribution is -0.123. The lowest BCUT2D eigenvalue weighted by Crippen LogP contribution is -2.43. The number of anilines is 1. The first-order chi connectivity index (χ1) is 19.7. The topological polar surface area (TPSA) is 67.2 Å². The number of thioether (sulfide) groups is 1. The van der Waals surface area contributed by atoms with Crippen LogP contribution in [0.5, 0.6) is 0 Å². The highest BCUT2D eigenvalue weighted by Crippen LogP contribution is 2.49. The maximum absolute atomic E-state index is 15.4. The summed E-state index contributed by atoms with van der Waals surface area (Å²) in [4.78, 5) is 28.4. The third-order valence-corrected chi connectivity index (χ3v) is 8.43. The van der Waals surface area contributed by atoms with Gasteiger partial charge < -0.3 is 5.32 Å². The van der Waals surface area contributed by atoms with E-state index in [1.54, 1.807) is 4.68 Å². The summed E-state index contributed by atoms with van der Waals surface area (Å²) in [6.07, 6.45) is 0. The Labute approximate surface area is 242 Å². The number of carbonyl (C=O) groups excluding carboxylic acids is 2. The molecule has 0 radical (unpaired) electrons. The number of benzene rings is 3. The molecule has 5 rings (SSSR count). The average molecular weight is 575 g/mol. The first-order valence-corrected chi connectivity index (χ1v) is 14.6. The summed E-state index contributed by atoms with van der Waals surface area (Å²) in [5.74, 6) is -1.35. The first kappa shape index (κ1) is 28.5. The van der Waals surface area contributed by atoms with Crippen molar-refractivity contribution >= 4 is 29.4 Å². The molecule has 41 heavy (non-hydrogen) atoms. The van der Waals surface area contributed by atoms with Crippen molar-refractivity contribution in [1.82, 2.24) is 15.1 Å². The summed E-state index contributed by atoms with van der Waals surface area (Å²) in [5, 5.41) is 7.27. The Morgan fingerprint density at radius 1 is 1.07 bits per heavy atom. The largest absolute Gasteiger partial charge is 0.354 e. The molecule has 4 aromatic rings. The number of rotatable bonds is 7. The van der Waals surface area contributed by atoms with Crippen LogP contribution in [0.2, 0.25) is 0 Å². The zero-order chi connectivity index (χ0) is 29.3. The maximum Gasteiger partial charge on any atom is 0.240 e. The minimum Gasteiger partial charge on any atom is -0.354 e. The average Bonchev–Trinajstić information content (AvgIpc) is 3.27. The number of amides is 2. The van der Waals surface area contributed by atoms with Gasteiger partial charge in [0, 0.05) is 29.3 Å². The van der Waals surface area contributed by atoms with Gasteiger partial charge in [0.25, 0.3) is 0 Å². The molecule has 0 spiro atoms. The van der Waals surface area contributed by atoms with Crippen molar-refractivity contribution in [2.24, 2.45) is 5.92 Å². The van der Waals surface area contributed by atoms with E-state index >= 15 is 4.39 Å². The molecule has 2 heterocycles. The van der Waals surface area contributed by atoms with Gasteiger partial charge in [-0.2, -0.15) is 5.10 Å². The molecule has 2 amide bonds. The van der Waals surface area contributed by atoms with Crippen LogP contribution in [0.4, 0.5) is 14.6 Å².